The van der Waals surface area contributed by atoms with E-state index < -0.39 is 0 Å². The number of aromatic nitrogens is 2. The summed E-state index contributed by atoms with van der Waals surface area (Å²) in [5, 5.41) is 10.5. The monoisotopic (exact) mass is 463 g/mol. The Kier molecular flexibility index (Phi) is 9.27. The number of aryl methyl sites for hydroxylation is 1. The van der Waals surface area contributed by atoms with Gasteiger partial charge in [-0.05, 0) is 18.6 Å². The van der Waals surface area contributed by atoms with Crippen molar-refractivity contribution in [1.29, 1.82) is 0 Å². The second-order valence-corrected chi connectivity index (χ2v) is 6.78. The summed E-state index contributed by atoms with van der Waals surface area (Å²) in [5.41, 5.74) is 0. The lowest BCUT2D eigenvalue weighted by Crippen LogP contribution is -2.37. The van der Waals surface area contributed by atoms with Gasteiger partial charge in [-0.25, -0.2) is 0 Å². The highest BCUT2D eigenvalue weighted by Crippen LogP contribution is 2.16. The Morgan fingerprint density at radius 1 is 1.29 bits per heavy atom. The van der Waals surface area contributed by atoms with Crippen LogP contribution in [0.15, 0.2) is 21.6 Å². The van der Waals surface area contributed by atoms with E-state index in [2.05, 4.69) is 44.8 Å². The summed E-state index contributed by atoms with van der Waals surface area (Å²) in [6.45, 7) is 7.75. The molecule has 0 aliphatic carbocycles. The van der Waals surface area contributed by atoms with Crippen LogP contribution in [0.1, 0.15) is 48.2 Å². The van der Waals surface area contributed by atoms with Gasteiger partial charge in [-0.15, -0.1) is 35.3 Å². The minimum atomic E-state index is 0. The van der Waals surface area contributed by atoms with Gasteiger partial charge in [0.05, 0.1) is 6.54 Å². The molecule has 0 unspecified atom stereocenters. The predicted octanol–water partition coefficient (Wildman–Crippen LogP) is 3.34. The summed E-state index contributed by atoms with van der Waals surface area (Å²) in [7, 11) is 1.77. The van der Waals surface area contributed by atoms with Gasteiger partial charge in [0.2, 0.25) is 5.89 Å². The van der Waals surface area contributed by atoms with Crippen LogP contribution in [0, 0.1) is 0 Å². The maximum atomic E-state index is 5.23. The molecule has 0 aliphatic rings. The van der Waals surface area contributed by atoms with E-state index in [0.717, 1.165) is 24.7 Å². The van der Waals surface area contributed by atoms with Crippen molar-refractivity contribution in [3.63, 3.8) is 0 Å². The Bertz CT molecular complexity index is 638. The molecule has 0 radical (unpaired) electrons. The average molecular weight is 463 g/mol. The summed E-state index contributed by atoms with van der Waals surface area (Å²) in [5.74, 6) is 2.48. The number of halogens is 1. The molecule has 2 aromatic rings. The maximum absolute atomic E-state index is 5.23. The van der Waals surface area contributed by atoms with Crippen LogP contribution in [0.3, 0.4) is 0 Å². The van der Waals surface area contributed by atoms with Crippen LogP contribution in [-0.4, -0.2) is 29.7 Å². The number of nitrogens with zero attached hydrogens (tertiary/aromatic N) is 3. The van der Waals surface area contributed by atoms with Crippen LogP contribution in [0.2, 0.25) is 0 Å². The first kappa shape index (κ1) is 20.9. The molecule has 0 saturated heterocycles. The first-order valence-corrected chi connectivity index (χ1v) is 8.78. The van der Waals surface area contributed by atoms with Gasteiger partial charge in [0.25, 0.3) is 0 Å². The Balaban J connectivity index is 0.00000288. The average Bonchev–Trinajstić information content (AvgIpc) is 3.19. The van der Waals surface area contributed by atoms with Crippen molar-refractivity contribution in [2.45, 2.75) is 46.1 Å². The van der Waals surface area contributed by atoms with Gasteiger partial charge >= 0.3 is 0 Å². The number of guanidine groups is 1. The van der Waals surface area contributed by atoms with E-state index in [-0.39, 0.29) is 29.9 Å². The lowest BCUT2D eigenvalue weighted by Gasteiger charge is -2.10. The van der Waals surface area contributed by atoms with Crippen LogP contribution in [0.4, 0.5) is 0 Å². The van der Waals surface area contributed by atoms with Crippen molar-refractivity contribution in [3.05, 3.63) is 33.6 Å². The lowest BCUT2D eigenvalue weighted by molar-refractivity contribution is 0.371. The Morgan fingerprint density at radius 3 is 2.62 bits per heavy atom. The van der Waals surface area contributed by atoms with Crippen LogP contribution >= 0.6 is 35.3 Å². The number of thiophene rings is 1. The minimum Gasteiger partial charge on any atom is -0.356 e. The van der Waals surface area contributed by atoms with E-state index in [0.29, 0.717) is 18.9 Å². The normalized spacial score (nSPS) is 11.5. The summed E-state index contributed by atoms with van der Waals surface area (Å²) < 4.78 is 5.23. The van der Waals surface area contributed by atoms with Crippen LogP contribution in [-0.2, 0) is 19.4 Å². The highest BCUT2D eigenvalue weighted by Gasteiger charge is 2.09. The molecular weight excluding hydrogens is 437 g/mol. The molecule has 0 spiro atoms. The highest BCUT2D eigenvalue weighted by atomic mass is 127. The van der Waals surface area contributed by atoms with Crippen LogP contribution < -0.4 is 10.6 Å². The first-order valence-electron chi connectivity index (χ1n) is 7.97. The van der Waals surface area contributed by atoms with Crippen LogP contribution in [0.5, 0.6) is 0 Å². The third-order valence-electron chi connectivity index (χ3n) is 3.35. The van der Waals surface area contributed by atoms with Crippen LogP contribution in [0.25, 0.3) is 0 Å². The fraction of sp³-hybridized carbons (Fsp3) is 0.562. The quantitative estimate of drug-likeness (QED) is 0.374. The van der Waals surface area contributed by atoms with E-state index >= 15 is 0 Å². The van der Waals surface area contributed by atoms with Crippen molar-refractivity contribution in [3.8, 4) is 0 Å². The van der Waals surface area contributed by atoms with E-state index in [9.17, 15) is 0 Å². The molecule has 0 saturated carbocycles. The summed E-state index contributed by atoms with van der Waals surface area (Å²) in [6.07, 6.45) is 1.76. The zero-order chi connectivity index (χ0) is 16.7. The number of rotatable bonds is 7. The standard InChI is InChI=1S/C16H25N5OS.HI/c1-5-12-6-7-13(23-12)10-19-16(17-4)18-9-8-14-20-15(11(2)3)21-22-14;/h6-7,11H,5,8-10H2,1-4H3,(H2,17,18,19);1H. The SMILES string of the molecule is CCc1ccc(CNC(=NC)NCCc2nc(C(C)C)no2)s1.I. The number of nitrogens with one attached hydrogen (secondary N) is 2. The van der Waals surface area contributed by atoms with E-state index in [1.165, 1.54) is 9.75 Å². The molecule has 2 aromatic heterocycles. The molecule has 0 aliphatic heterocycles. The fourth-order valence-electron chi connectivity index (χ4n) is 1.99. The summed E-state index contributed by atoms with van der Waals surface area (Å²) in [6, 6.07) is 4.34. The third kappa shape index (κ3) is 6.39. The number of hydrogen-bond donors (Lipinski definition) is 2. The minimum absolute atomic E-state index is 0. The molecule has 0 amide bonds. The molecule has 2 N–H and O–H groups in total. The second kappa shape index (κ2) is 10.7. The Hall–Kier alpha value is -1.16. The summed E-state index contributed by atoms with van der Waals surface area (Å²) >= 11 is 1.83. The fourth-order valence-corrected chi connectivity index (χ4v) is 2.89. The topological polar surface area (TPSA) is 75.3 Å². The highest BCUT2D eigenvalue weighted by molar-refractivity contribution is 14.0. The van der Waals surface area contributed by atoms with Gasteiger partial charge in [-0.1, -0.05) is 25.9 Å². The van der Waals surface area contributed by atoms with Crippen molar-refractivity contribution in [2.24, 2.45) is 4.99 Å². The van der Waals surface area contributed by atoms with E-state index in [1.807, 2.05) is 25.2 Å². The largest absolute Gasteiger partial charge is 0.356 e. The van der Waals surface area contributed by atoms with E-state index in [4.69, 9.17) is 4.52 Å². The third-order valence-corrected chi connectivity index (χ3v) is 4.58. The molecule has 0 bridgehead atoms. The molecule has 0 aromatic carbocycles. The molecule has 2 rings (SSSR count). The molecule has 8 heteroatoms. The van der Waals surface area contributed by atoms with Crippen molar-refractivity contribution in [2.75, 3.05) is 13.6 Å². The first-order chi connectivity index (χ1) is 11.1. The molecule has 0 fully saturated rings. The predicted molar refractivity (Wildman–Crippen MR) is 109 cm³/mol. The molecule has 0 atom stereocenters. The van der Waals surface area contributed by atoms with Gasteiger partial charge in [0, 0.05) is 35.7 Å². The van der Waals surface area contributed by atoms with Gasteiger partial charge in [-0.2, -0.15) is 4.98 Å². The second-order valence-electron chi connectivity index (χ2n) is 5.53. The Morgan fingerprint density at radius 2 is 2.04 bits per heavy atom. The Labute approximate surface area is 164 Å². The van der Waals surface area contributed by atoms with Gasteiger partial charge in [0.15, 0.2) is 11.8 Å². The van der Waals surface area contributed by atoms with Crippen molar-refractivity contribution < 1.29 is 4.52 Å². The molecule has 24 heavy (non-hydrogen) atoms. The number of aliphatic imine (C=N–C) groups is 1. The molecule has 6 nitrogen and oxygen atoms in total. The maximum Gasteiger partial charge on any atom is 0.228 e. The number of hydrogen-bond acceptors (Lipinski definition) is 5. The van der Waals surface area contributed by atoms with E-state index in [1.54, 1.807) is 7.05 Å². The zero-order valence-corrected chi connectivity index (χ0v) is 17.8. The van der Waals surface area contributed by atoms with Gasteiger partial charge < -0.3 is 15.2 Å². The van der Waals surface area contributed by atoms with Crippen molar-refractivity contribution in [1.82, 2.24) is 20.8 Å². The summed E-state index contributed by atoms with van der Waals surface area (Å²) in [4.78, 5) is 11.3. The molecular formula is C16H26IN5OS. The smallest absolute Gasteiger partial charge is 0.228 e. The van der Waals surface area contributed by atoms with Gasteiger partial charge in [0.1, 0.15) is 0 Å². The molecule has 2 heterocycles. The van der Waals surface area contributed by atoms with Crippen molar-refractivity contribution >= 4 is 41.3 Å². The van der Waals surface area contributed by atoms with Gasteiger partial charge in [-0.3, -0.25) is 4.99 Å². The molecule has 134 valence electrons. The zero-order valence-electron chi connectivity index (χ0n) is 14.6. The lowest BCUT2D eigenvalue weighted by atomic mass is 10.2.